The molecule has 3 heteroatoms. The van der Waals surface area contributed by atoms with E-state index < -0.39 is 0 Å². The van der Waals surface area contributed by atoms with Crippen LogP contribution in [-0.4, -0.2) is 54.6 Å². The van der Waals surface area contributed by atoms with Crippen molar-refractivity contribution in [3.8, 4) is 0 Å². The van der Waals surface area contributed by atoms with Crippen LogP contribution in [0.5, 0.6) is 0 Å². The largest absolute Gasteiger partial charge is 0.326 e. The smallest absolute Gasteiger partial charge is 0.0227 e. The van der Waals surface area contributed by atoms with Gasteiger partial charge in [0.2, 0.25) is 0 Å². The fraction of sp³-hybridized carbons (Fsp3) is 1.00. The lowest BCUT2D eigenvalue weighted by molar-refractivity contribution is 0.105. The highest BCUT2D eigenvalue weighted by Crippen LogP contribution is 2.23. The van der Waals surface area contributed by atoms with Crippen LogP contribution in [0.15, 0.2) is 0 Å². The highest BCUT2D eigenvalue weighted by Gasteiger charge is 2.34. The number of piperidine rings is 1. The van der Waals surface area contributed by atoms with E-state index in [2.05, 4.69) is 23.8 Å². The Morgan fingerprint density at radius 1 is 1.21 bits per heavy atom. The molecule has 2 fully saturated rings. The molecular formula is C11H23N3. The molecule has 2 N–H and O–H groups in total. The van der Waals surface area contributed by atoms with Crippen LogP contribution >= 0.6 is 0 Å². The second kappa shape index (κ2) is 4.17. The van der Waals surface area contributed by atoms with Gasteiger partial charge in [-0.3, -0.25) is 4.90 Å². The molecule has 0 aromatic rings. The third-order valence-corrected chi connectivity index (χ3v) is 3.93. The van der Waals surface area contributed by atoms with Crippen LogP contribution in [0.3, 0.4) is 0 Å². The molecule has 2 heterocycles. The number of nitrogens with zero attached hydrogens (tertiary/aromatic N) is 2. The number of likely N-dealkylation sites (N-methyl/N-ethyl adjacent to an activating group) is 1. The number of rotatable bonds is 1. The molecule has 14 heavy (non-hydrogen) atoms. The van der Waals surface area contributed by atoms with Gasteiger partial charge in [0, 0.05) is 31.2 Å². The van der Waals surface area contributed by atoms with Crippen molar-refractivity contribution >= 4 is 0 Å². The van der Waals surface area contributed by atoms with Crippen molar-refractivity contribution in [1.82, 2.24) is 9.80 Å². The molecule has 0 aromatic carbocycles. The summed E-state index contributed by atoms with van der Waals surface area (Å²) in [6.45, 7) is 5.99. The molecule has 2 rings (SSSR count). The average molecular weight is 197 g/mol. The van der Waals surface area contributed by atoms with Crippen molar-refractivity contribution in [1.29, 1.82) is 0 Å². The van der Waals surface area contributed by atoms with Crippen molar-refractivity contribution in [3.63, 3.8) is 0 Å². The van der Waals surface area contributed by atoms with Crippen molar-refractivity contribution in [2.24, 2.45) is 5.73 Å². The Morgan fingerprint density at radius 2 is 2.00 bits per heavy atom. The number of nitrogens with two attached hydrogens (primary N) is 1. The molecule has 3 unspecified atom stereocenters. The molecule has 2 aliphatic rings. The van der Waals surface area contributed by atoms with E-state index in [1.54, 1.807) is 0 Å². The van der Waals surface area contributed by atoms with Gasteiger partial charge < -0.3 is 10.6 Å². The van der Waals surface area contributed by atoms with E-state index in [0.29, 0.717) is 12.1 Å². The molecule has 0 radical (unpaired) electrons. The summed E-state index contributed by atoms with van der Waals surface area (Å²) >= 11 is 0. The van der Waals surface area contributed by atoms with E-state index >= 15 is 0 Å². The highest BCUT2D eigenvalue weighted by molar-refractivity contribution is 4.92. The number of hydrogen-bond donors (Lipinski definition) is 1. The summed E-state index contributed by atoms with van der Waals surface area (Å²) in [6.07, 6.45) is 3.89. The standard InChI is InChI=1S/C11H23N3/c1-9-11(12)5-7-14(9)10-4-3-6-13(2)8-10/h9-11H,3-8,12H2,1-2H3. The summed E-state index contributed by atoms with van der Waals surface area (Å²) in [4.78, 5) is 5.07. The molecule has 2 aliphatic heterocycles. The van der Waals surface area contributed by atoms with Gasteiger partial charge in [-0.05, 0) is 39.8 Å². The van der Waals surface area contributed by atoms with Gasteiger partial charge in [0.15, 0.2) is 0 Å². The topological polar surface area (TPSA) is 32.5 Å². The highest BCUT2D eigenvalue weighted by atomic mass is 15.3. The minimum Gasteiger partial charge on any atom is -0.326 e. The van der Waals surface area contributed by atoms with Crippen LogP contribution < -0.4 is 5.73 Å². The maximum atomic E-state index is 6.05. The minimum atomic E-state index is 0.405. The monoisotopic (exact) mass is 197 g/mol. The lowest BCUT2D eigenvalue weighted by atomic mass is 10.0. The van der Waals surface area contributed by atoms with E-state index in [9.17, 15) is 0 Å². The maximum Gasteiger partial charge on any atom is 0.0227 e. The summed E-state index contributed by atoms with van der Waals surface area (Å²) < 4.78 is 0. The van der Waals surface area contributed by atoms with Gasteiger partial charge in [-0.15, -0.1) is 0 Å². The van der Waals surface area contributed by atoms with Crippen LogP contribution in [0.4, 0.5) is 0 Å². The first-order valence-electron chi connectivity index (χ1n) is 5.88. The third-order valence-electron chi connectivity index (χ3n) is 3.93. The van der Waals surface area contributed by atoms with E-state index in [1.165, 1.54) is 38.9 Å². The quantitative estimate of drug-likeness (QED) is 0.664. The third kappa shape index (κ3) is 1.95. The molecule has 3 atom stereocenters. The molecule has 0 spiro atoms. The predicted octanol–water partition coefficient (Wildman–Crippen LogP) is 0.502. The predicted molar refractivity (Wildman–Crippen MR) is 59.3 cm³/mol. The molecule has 0 amide bonds. The van der Waals surface area contributed by atoms with E-state index in [-0.39, 0.29) is 0 Å². The first-order chi connectivity index (χ1) is 6.68. The van der Waals surface area contributed by atoms with Crippen molar-refractivity contribution in [2.75, 3.05) is 26.7 Å². The van der Waals surface area contributed by atoms with Gasteiger partial charge in [-0.2, -0.15) is 0 Å². The van der Waals surface area contributed by atoms with Crippen LogP contribution in [0.25, 0.3) is 0 Å². The molecule has 0 aliphatic carbocycles. The molecular weight excluding hydrogens is 174 g/mol. The molecule has 0 aromatic heterocycles. The second-order valence-electron chi connectivity index (χ2n) is 4.99. The van der Waals surface area contributed by atoms with E-state index in [1.807, 2.05) is 0 Å². The number of hydrogen-bond acceptors (Lipinski definition) is 3. The Balaban J connectivity index is 1.94. The molecule has 0 bridgehead atoms. The Labute approximate surface area is 87.2 Å². The van der Waals surface area contributed by atoms with Crippen molar-refractivity contribution < 1.29 is 0 Å². The van der Waals surface area contributed by atoms with E-state index in [0.717, 1.165) is 6.04 Å². The first kappa shape index (κ1) is 10.4. The SMILES string of the molecule is CC1C(N)CCN1C1CCCN(C)C1. The van der Waals surface area contributed by atoms with Crippen LogP contribution in [-0.2, 0) is 0 Å². The van der Waals surface area contributed by atoms with Gasteiger partial charge in [-0.1, -0.05) is 0 Å². The Kier molecular flexibility index (Phi) is 3.10. The van der Waals surface area contributed by atoms with E-state index in [4.69, 9.17) is 5.73 Å². The van der Waals surface area contributed by atoms with Crippen molar-refractivity contribution in [3.05, 3.63) is 0 Å². The summed E-state index contributed by atoms with van der Waals surface area (Å²) in [5, 5.41) is 0. The fourth-order valence-corrected chi connectivity index (χ4v) is 2.91. The summed E-state index contributed by atoms with van der Waals surface area (Å²) in [6, 6.07) is 1.76. The van der Waals surface area contributed by atoms with Crippen LogP contribution in [0.2, 0.25) is 0 Å². The summed E-state index contributed by atoms with van der Waals surface area (Å²) in [5.74, 6) is 0. The zero-order valence-corrected chi connectivity index (χ0v) is 9.45. The summed E-state index contributed by atoms with van der Waals surface area (Å²) in [7, 11) is 2.23. The Morgan fingerprint density at radius 3 is 2.57 bits per heavy atom. The zero-order valence-electron chi connectivity index (χ0n) is 9.45. The maximum absolute atomic E-state index is 6.05. The minimum absolute atomic E-state index is 0.405. The molecule has 82 valence electrons. The lowest BCUT2D eigenvalue weighted by Crippen LogP contribution is -2.49. The Bertz CT molecular complexity index is 195. The average Bonchev–Trinajstić information content (AvgIpc) is 2.48. The Hall–Kier alpha value is -0.120. The first-order valence-corrected chi connectivity index (χ1v) is 5.88. The molecule has 0 saturated carbocycles. The van der Waals surface area contributed by atoms with Crippen LogP contribution in [0.1, 0.15) is 26.2 Å². The van der Waals surface area contributed by atoms with Gasteiger partial charge in [-0.25, -0.2) is 0 Å². The van der Waals surface area contributed by atoms with Crippen molar-refractivity contribution in [2.45, 2.75) is 44.3 Å². The second-order valence-corrected chi connectivity index (χ2v) is 4.99. The molecule has 2 saturated heterocycles. The van der Waals surface area contributed by atoms with Gasteiger partial charge >= 0.3 is 0 Å². The normalized spacial score (nSPS) is 41.8. The lowest BCUT2D eigenvalue weighted by Gasteiger charge is -2.38. The van der Waals surface area contributed by atoms with Gasteiger partial charge in [0.25, 0.3) is 0 Å². The van der Waals surface area contributed by atoms with Gasteiger partial charge in [0.1, 0.15) is 0 Å². The zero-order chi connectivity index (χ0) is 10.1. The van der Waals surface area contributed by atoms with Crippen LogP contribution in [0, 0.1) is 0 Å². The fourth-order valence-electron chi connectivity index (χ4n) is 2.91. The summed E-state index contributed by atoms with van der Waals surface area (Å²) in [5.41, 5.74) is 6.05. The van der Waals surface area contributed by atoms with Gasteiger partial charge in [0.05, 0.1) is 0 Å². The molecule has 3 nitrogen and oxygen atoms in total. The number of likely N-dealkylation sites (tertiary alicyclic amines) is 2.